The Morgan fingerprint density at radius 2 is 1.79 bits per heavy atom. The molecule has 0 amide bonds. The molecule has 1 aliphatic rings. The van der Waals surface area contributed by atoms with Crippen LogP contribution in [-0.4, -0.2) is 29.2 Å². The van der Waals surface area contributed by atoms with Gasteiger partial charge in [0.1, 0.15) is 10.4 Å². The van der Waals surface area contributed by atoms with Gasteiger partial charge < -0.3 is 10.2 Å². The zero-order chi connectivity index (χ0) is 24.5. The Morgan fingerprint density at radius 3 is 2.41 bits per heavy atom. The molecular weight excluding hydrogens is 526 g/mol. The SMILES string of the molecule is FC(F)(F)C1(c2cc(Cl)cc(Cl)c2)CCN(c2ccc(C(=S)NCc3ccccn3)c(Cl)c2)C1. The number of pyridine rings is 1. The van der Waals surface area contributed by atoms with Crippen molar-refractivity contribution >= 4 is 57.7 Å². The topological polar surface area (TPSA) is 28.2 Å². The van der Waals surface area contributed by atoms with E-state index in [0.717, 1.165) is 5.69 Å². The van der Waals surface area contributed by atoms with Gasteiger partial charge in [0.05, 0.1) is 17.3 Å². The summed E-state index contributed by atoms with van der Waals surface area (Å²) in [5.74, 6) is 0. The van der Waals surface area contributed by atoms with Crippen LogP contribution in [0.3, 0.4) is 0 Å². The van der Waals surface area contributed by atoms with E-state index < -0.39 is 11.6 Å². The van der Waals surface area contributed by atoms with Gasteiger partial charge in [0.15, 0.2) is 0 Å². The lowest BCUT2D eigenvalue weighted by Gasteiger charge is -2.33. The van der Waals surface area contributed by atoms with Crippen molar-refractivity contribution in [1.82, 2.24) is 10.3 Å². The van der Waals surface area contributed by atoms with E-state index in [2.05, 4.69) is 10.3 Å². The van der Waals surface area contributed by atoms with E-state index in [9.17, 15) is 13.2 Å². The van der Waals surface area contributed by atoms with Crippen LogP contribution in [-0.2, 0) is 12.0 Å². The van der Waals surface area contributed by atoms with Gasteiger partial charge in [0.25, 0.3) is 0 Å². The molecule has 0 radical (unpaired) electrons. The minimum atomic E-state index is -4.49. The van der Waals surface area contributed by atoms with Crippen molar-refractivity contribution in [1.29, 1.82) is 0 Å². The van der Waals surface area contributed by atoms with Gasteiger partial charge in [-0.2, -0.15) is 13.2 Å². The summed E-state index contributed by atoms with van der Waals surface area (Å²) in [5.41, 5.74) is -0.0339. The first-order chi connectivity index (χ1) is 16.1. The van der Waals surface area contributed by atoms with Crippen molar-refractivity contribution in [2.45, 2.75) is 24.6 Å². The molecule has 3 nitrogen and oxygen atoms in total. The van der Waals surface area contributed by atoms with Crippen LogP contribution in [0.5, 0.6) is 0 Å². The van der Waals surface area contributed by atoms with E-state index in [4.69, 9.17) is 47.0 Å². The lowest BCUT2D eigenvalue weighted by molar-refractivity contribution is -0.184. The highest BCUT2D eigenvalue weighted by Gasteiger charge is 2.59. The van der Waals surface area contributed by atoms with Crippen LogP contribution in [0.25, 0.3) is 0 Å². The Labute approximate surface area is 215 Å². The van der Waals surface area contributed by atoms with Crippen LogP contribution in [0.15, 0.2) is 60.8 Å². The van der Waals surface area contributed by atoms with Crippen molar-refractivity contribution in [3.05, 3.63) is 92.7 Å². The summed E-state index contributed by atoms with van der Waals surface area (Å²) < 4.78 is 43.1. The van der Waals surface area contributed by atoms with Gasteiger partial charge in [0.2, 0.25) is 0 Å². The summed E-state index contributed by atoms with van der Waals surface area (Å²) in [5, 5.41) is 3.80. The second-order valence-corrected chi connectivity index (χ2v) is 9.77. The molecule has 0 bridgehead atoms. The molecule has 0 aliphatic carbocycles. The Bertz CT molecular complexity index is 1190. The van der Waals surface area contributed by atoms with E-state index in [0.29, 0.717) is 27.8 Å². The van der Waals surface area contributed by atoms with Crippen molar-refractivity contribution < 1.29 is 13.2 Å². The molecule has 4 rings (SSSR count). The summed E-state index contributed by atoms with van der Waals surface area (Å²) in [6, 6.07) is 14.8. The van der Waals surface area contributed by atoms with E-state index in [1.54, 1.807) is 29.3 Å². The van der Waals surface area contributed by atoms with Gasteiger partial charge >= 0.3 is 6.18 Å². The fraction of sp³-hybridized carbons (Fsp3) is 0.250. The normalized spacial score (nSPS) is 18.2. The third-order valence-electron chi connectivity index (χ3n) is 5.95. The minimum Gasteiger partial charge on any atom is -0.370 e. The van der Waals surface area contributed by atoms with Gasteiger partial charge in [-0.1, -0.05) is 53.1 Å². The molecule has 1 saturated heterocycles. The van der Waals surface area contributed by atoms with Crippen LogP contribution in [0.2, 0.25) is 15.1 Å². The van der Waals surface area contributed by atoms with Crippen LogP contribution < -0.4 is 10.2 Å². The molecule has 1 atom stereocenters. The maximum absolute atomic E-state index is 14.4. The zero-order valence-electron chi connectivity index (χ0n) is 17.7. The molecule has 1 aromatic heterocycles. The van der Waals surface area contributed by atoms with Gasteiger partial charge in [-0.15, -0.1) is 0 Å². The van der Waals surface area contributed by atoms with E-state index in [1.165, 1.54) is 18.2 Å². The molecule has 0 spiro atoms. The Morgan fingerprint density at radius 1 is 1.06 bits per heavy atom. The molecule has 178 valence electrons. The Hall–Kier alpha value is -2.06. The quantitative estimate of drug-likeness (QED) is 0.343. The molecule has 1 unspecified atom stereocenters. The second kappa shape index (κ2) is 9.90. The highest BCUT2D eigenvalue weighted by molar-refractivity contribution is 7.80. The third kappa shape index (κ3) is 5.13. The molecule has 2 heterocycles. The maximum atomic E-state index is 14.4. The van der Waals surface area contributed by atoms with Crippen molar-refractivity contribution in [3.8, 4) is 0 Å². The number of hydrogen-bond donors (Lipinski definition) is 1. The first-order valence-electron chi connectivity index (χ1n) is 10.3. The summed E-state index contributed by atoms with van der Waals surface area (Å²) >= 11 is 24.0. The summed E-state index contributed by atoms with van der Waals surface area (Å²) in [7, 11) is 0. The van der Waals surface area contributed by atoms with E-state index in [-0.39, 0.29) is 35.1 Å². The van der Waals surface area contributed by atoms with Gasteiger partial charge in [-0.05, 0) is 60.5 Å². The van der Waals surface area contributed by atoms with Crippen molar-refractivity contribution in [3.63, 3.8) is 0 Å². The molecule has 0 saturated carbocycles. The third-order valence-corrected chi connectivity index (χ3v) is 7.06. The van der Waals surface area contributed by atoms with Crippen LogP contribution in [0, 0.1) is 0 Å². The first kappa shape index (κ1) is 25.0. The number of halogens is 6. The standard InChI is InChI=1S/C24H19Cl3F3N3S/c25-16-9-15(10-17(26)11-16)23(24(28,29)30)6-8-33(14-23)19-4-5-20(21(27)12-19)22(34)32-13-18-3-1-2-7-31-18/h1-5,7,9-12H,6,8,13-14H2,(H,32,34). The minimum absolute atomic E-state index is 0.0580. The van der Waals surface area contributed by atoms with Gasteiger partial charge in [-0.3, -0.25) is 4.98 Å². The number of benzene rings is 2. The average Bonchev–Trinajstić information content (AvgIpc) is 3.25. The smallest absolute Gasteiger partial charge is 0.370 e. The second-order valence-electron chi connectivity index (χ2n) is 8.08. The number of alkyl halides is 3. The molecule has 1 fully saturated rings. The highest BCUT2D eigenvalue weighted by Crippen LogP contribution is 2.49. The molecular formula is C24H19Cl3F3N3S. The van der Waals surface area contributed by atoms with Crippen molar-refractivity contribution in [2.24, 2.45) is 0 Å². The lowest BCUT2D eigenvalue weighted by atomic mass is 9.79. The fourth-order valence-corrected chi connectivity index (χ4v) is 5.25. The monoisotopic (exact) mass is 543 g/mol. The number of nitrogens with zero attached hydrogens (tertiary/aromatic N) is 2. The fourth-order valence-electron chi connectivity index (χ4n) is 4.14. The number of anilines is 1. The maximum Gasteiger partial charge on any atom is 0.400 e. The van der Waals surface area contributed by atoms with Crippen LogP contribution in [0.4, 0.5) is 18.9 Å². The highest BCUT2D eigenvalue weighted by atomic mass is 35.5. The molecule has 10 heteroatoms. The number of hydrogen-bond acceptors (Lipinski definition) is 3. The molecule has 1 aliphatic heterocycles. The summed E-state index contributed by atoms with van der Waals surface area (Å²) in [6.45, 7) is 0.354. The number of nitrogens with one attached hydrogen (secondary N) is 1. The number of aromatic nitrogens is 1. The van der Waals surface area contributed by atoms with Gasteiger partial charge in [0, 0.05) is 40.6 Å². The molecule has 34 heavy (non-hydrogen) atoms. The van der Waals surface area contributed by atoms with E-state index >= 15 is 0 Å². The Kier molecular flexibility index (Phi) is 7.29. The van der Waals surface area contributed by atoms with Gasteiger partial charge in [-0.25, -0.2) is 0 Å². The number of rotatable bonds is 5. The zero-order valence-corrected chi connectivity index (χ0v) is 20.8. The lowest BCUT2D eigenvalue weighted by Crippen LogP contribution is -2.44. The largest absolute Gasteiger partial charge is 0.400 e. The van der Waals surface area contributed by atoms with Crippen LogP contribution in [0.1, 0.15) is 23.2 Å². The molecule has 2 aromatic carbocycles. The summed E-state index contributed by atoms with van der Waals surface area (Å²) in [6.07, 6.45) is -2.93. The van der Waals surface area contributed by atoms with Crippen molar-refractivity contribution in [2.75, 3.05) is 18.0 Å². The number of thiocarbonyl (C=S) groups is 1. The summed E-state index contributed by atoms with van der Waals surface area (Å²) in [4.78, 5) is 6.33. The predicted octanol–water partition coefficient (Wildman–Crippen LogP) is 7.22. The van der Waals surface area contributed by atoms with Crippen LogP contribution >= 0.6 is 47.0 Å². The van der Waals surface area contributed by atoms with E-state index in [1.807, 2.05) is 18.2 Å². The predicted molar refractivity (Wildman–Crippen MR) is 135 cm³/mol. The molecule has 1 N–H and O–H groups in total. The molecule has 3 aromatic rings. The first-order valence-corrected chi connectivity index (χ1v) is 11.9. The Balaban J connectivity index is 1.55. The average molecular weight is 545 g/mol.